The minimum atomic E-state index is -0.442. The number of likely N-dealkylation sites (tertiary alicyclic amines) is 1. The predicted molar refractivity (Wildman–Crippen MR) is 92.6 cm³/mol. The van der Waals surface area contributed by atoms with E-state index in [1.54, 1.807) is 6.08 Å². The number of piperidine rings is 1. The van der Waals surface area contributed by atoms with Crippen molar-refractivity contribution in [3.05, 3.63) is 12.2 Å². The van der Waals surface area contributed by atoms with Crippen molar-refractivity contribution in [1.82, 2.24) is 4.90 Å². The number of hydrogen-bond acceptors (Lipinski definition) is 4. The standard InChI is InChI=1S/C19H31NO4/c1-5-23-16(21)7-6-15-8-9-19(14-15)10-12-20(13-11-19)17(22)24-18(2,3)4/h6-7,15H,5,8-14H2,1-4H3/b7-6-/t15-/m1/s1. The molecule has 1 saturated heterocycles. The minimum absolute atomic E-state index is 0.200. The van der Waals surface area contributed by atoms with Gasteiger partial charge in [-0.05, 0) is 71.1 Å². The Balaban J connectivity index is 1.82. The van der Waals surface area contributed by atoms with E-state index >= 15 is 0 Å². The van der Waals surface area contributed by atoms with Crippen LogP contribution in [0.25, 0.3) is 0 Å². The van der Waals surface area contributed by atoms with Gasteiger partial charge in [-0.25, -0.2) is 9.59 Å². The summed E-state index contributed by atoms with van der Waals surface area (Å²) in [5, 5.41) is 0. The Kier molecular flexibility index (Phi) is 5.94. The molecule has 1 aliphatic heterocycles. The highest BCUT2D eigenvalue weighted by atomic mass is 16.6. The van der Waals surface area contributed by atoms with Gasteiger partial charge in [0.05, 0.1) is 6.61 Å². The first kappa shape index (κ1) is 18.8. The summed E-state index contributed by atoms with van der Waals surface area (Å²) < 4.78 is 10.4. The van der Waals surface area contributed by atoms with Gasteiger partial charge in [0.2, 0.25) is 0 Å². The second-order valence-electron chi connectivity index (χ2n) is 8.08. The van der Waals surface area contributed by atoms with Gasteiger partial charge in [-0.1, -0.05) is 6.08 Å². The lowest BCUT2D eigenvalue weighted by atomic mass is 9.76. The highest BCUT2D eigenvalue weighted by Crippen LogP contribution is 2.49. The second-order valence-corrected chi connectivity index (χ2v) is 8.08. The van der Waals surface area contributed by atoms with Crippen LogP contribution in [0.1, 0.15) is 59.8 Å². The van der Waals surface area contributed by atoms with Crippen molar-refractivity contribution in [3.8, 4) is 0 Å². The van der Waals surface area contributed by atoms with Crippen LogP contribution in [0.2, 0.25) is 0 Å². The van der Waals surface area contributed by atoms with Gasteiger partial charge in [0.15, 0.2) is 0 Å². The number of allylic oxidation sites excluding steroid dienone is 1. The number of esters is 1. The second kappa shape index (κ2) is 7.58. The summed E-state index contributed by atoms with van der Waals surface area (Å²) in [6, 6.07) is 0. The third kappa shape index (κ3) is 5.25. The van der Waals surface area contributed by atoms with Crippen LogP contribution in [0.5, 0.6) is 0 Å². The van der Waals surface area contributed by atoms with Gasteiger partial charge in [-0.3, -0.25) is 0 Å². The number of amides is 1. The Morgan fingerprint density at radius 3 is 2.46 bits per heavy atom. The van der Waals surface area contributed by atoms with Gasteiger partial charge < -0.3 is 14.4 Å². The van der Waals surface area contributed by atoms with Crippen molar-refractivity contribution >= 4 is 12.1 Å². The molecule has 0 unspecified atom stereocenters. The molecular weight excluding hydrogens is 306 g/mol. The van der Waals surface area contributed by atoms with Crippen molar-refractivity contribution < 1.29 is 19.1 Å². The zero-order valence-electron chi connectivity index (χ0n) is 15.5. The molecule has 0 bridgehead atoms. The lowest BCUT2D eigenvalue weighted by molar-refractivity contribution is -0.137. The lowest BCUT2D eigenvalue weighted by Gasteiger charge is -2.39. The molecule has 24 heavy (non-hydrogen) atoms. The van der Waals surface area contributed by atoms with Crippen LogP contribution >= 0.6 is 0 Å². The average Bonchev–Trinajstić information content (AvgIpc) is 2.87. The van der Waals surface area contributed by atoms with Gasteiger partial charge in [-0.2, -0.15) is 0 Å². The molecule has 1 atom stereocenters. The molecule has 1 heterocycles. The zero-order valence-corrected chi connectivity index (χ0v) is 15.5. The van der Waals surface area contributed by atoms with E-state index in [-0.39, 0.29) is 12.1 Å². The van der Waals surface area contributed by atoms with Crippen LogP contribution in [-0.2, 0) is 14.3 Å². The summed E-state index contributed by atoms with van der Waals surface area (Å²) in [7, 11) is 0. The van der Waals surface area contributed by atoms with E-state index in [9.17, 15) is 9.59 Å². The maximum absolute atomic E-state index is 12.2. The van der Waals surface area contributed by atoms with Crippen LogP contribution in [0.3, 0.4) is 0 Å². The summed E-state index contributed by atoms with van der Waals surface area (Å²) in [5.41, 5.74) is -0.120. The summed E-state index contributed by atoms with van der Waals surface area (Å²) in [6.07, 6.45) is 8.82. The lowest BCUT2D eigenvalue weighted by Crippen LogP contribution is -2.44. The average molecular weight is 337 g/mol. The minimum Gasteiger partial charge on any atom is -0.463 e. The number of carbonyl (C=O) groups is 2. The molecule has 1 amide bonds. The van der Waals surface area contributed by atoms with Crippen LogP contribution in [0, 0.1) is 11.3 Å². The van der Waals surface area contributed by atoms with Crippen LogP contribution < -0.4 is 0 Å². The molecule has 1 aliphatic carbocycles. The number of carbonyl (C=O) groups excluding carboxylic acids is 2. The Labute approximate surface area is 145 Å². The van der Waals surface area contributed by atoms with Crippen LogP contribution in [0.4, 0.5) is 4.79 Å². The monoisotopic (exact) mass is 337 g/mol. The Hall–Kier alpha value is -1.52. The molecule has 0 aromatic rings. The van der Waals surface area contributed by atoms with Crippen LogP contribution in [-0.4, -0.2) is 42.3 Å². The van der Waals surface area contributed by atoms with Gasteiger partial charge in [0.25, 0.3) is 0 Å². The molecule has 0 aromatic carbocycles. The van der Waals surface area contributed by atoms with E-state index in [2.05, 4.69) is 0 Å². The summed E-state index contributed by atoms with van der Waals surface area (Å²) in [5.74, 6) is 0.195. The number of rotatable bonds is 3. The van der Waals surface area contributed by atoms with Crippen molar-refractivity contribution in [3.63, 3.8) is 0 Å². The first-order valence-electron chi connectivity index (χ1n) is 9.06. The van der Waals surface area contributed by atoms with E-state index < -0.39 is 5.60 Å². The zero-order chi connectivity index (χ0) is 17.8. The first-order valence-corrected chi connectivity index (χ1v) is 9.06. The third-order valence-corrected chi connectivity index (χ3v) is 5.01. The Morgan fingerprint density at radius 2 is 1.88 bits per heavy atom. The van der Waals surface area contributed by atoms with Crippen molar-refractivity contribution in [1.29, 1.82) is 0 Å². The van der Waals surface area contributed by atoms with E-state index in [4.69, 9.17) is 9.47 Å². The Morgan fingerprint density at radius 1 is 1.21 bits per heavy atom. The van der Waals surface area contributed by atoms with Crippen LogP contribution in [0.15, 0.2) is 12.2 Å². The smallest absolute Gasteiger partial charge is 0.410 e. The van der Waals surface area contributed by atoms with Crippen molar-refractivity contribution in [2.24, 2.45) is 11.3 Å². The number of nitrogens with zero attached hydrogens (tertiary/aromatic N) is 1. The van der Waals surface area contributed by atoms with E-state index in [1.807, 2.05) is 38.7 Å². The van der Waals surface area contributed by atoms with E-state index in [0.29, 0.717) is 17.9 Å². The van der Waals surface area contributed by atoms with Gasteiger partial charge in [0, 0.05) is 19.2 Å². The Bertz CT molecular complexity index is 484. The van der Waals surface area contributed by atoms with Crippen molar-refractivity contribution in [2.75, 3.05) is 19.7 Å². The summed E-state index contributed by atoms with van der Waals surface area (Å²) >= 11 is 0. The van der Waals surface area contributed by atoms with E-state index in [0.717, 1.165) is 38.8 Å². The molecule has 0 N–H and O–H groups in total. The molecule has 2 fully saturated rings. The van der Waals surface area contributed by atoms with Gasteiger partial charge in [-0.15, -0.1) is 0 Å². The molecule has 2 aliphatic rings. The SMILES string of the molecule is CCOC(=O)/C=C\[C@@H]1CCC2(CCN(C(=O)OC(C)(C)C)CC2)C1. The molecule has 5 heteroatoms. The maximum atomic E-state index is 12.2. The van der Waals surface area contributed by atoms with E-state index in [1.165, 1.54) is 6.42 Å². The summed E-state index contributed by atoms with van der Waals surface area (Å²) in [6.45, 7) is 9.45. The fraction of sp³-hybridized carbons (Fsp3) is 0.789. The molecule has 136 valence electrons. The van der Waals surface area contributed by atoms with Crippen molar-refractivity contribution in [2.45, 2.75) is 65.4 Å². The molecular formula is C19H31NO4. The largest absolute Gasteiger partial charge is 0.463 e. The third-order valence-electron chi connectivity index (χ3n) is 5.01. The number of ether oxygens (including phenoxy) is 2. The molecule has 0 radical (unpaired) electrons. The fourth-order valence-electron chi connectivity index (χ4n) is 3.77. The highest BCUT2D eigenvalue weighted by molar-refractivity contribution is 5.81. The number of hydrogen-bond donors (Lipinski definition) is 0. The molecule has 2 rings (SSSR count). The fourth-order valence-corrected chi connectivity index (χ4v) is 3.77. The molecule has 0 aromatic heterocycles. The molecule has 5 nitrogen and oxygen atoms in total. The van der Waals surface area contributed by atoms with Gasteiger partial charge >= 0.3 is 12.1 Å². The normalized spacial score (nSPS) is 23.7. The first-order chi connectivity index (χ1) is 11.2. The summed E-state index contributed by atoms with van der Waals surface area (Å²) in [4.78, 5) is 25.4. The van der Waals surface area contributed by atoms with Gasteiger partial charge in [0.1, 0.15) is 5.60 Å². The maximum Gasteiger partial charge on any atom is 0.410 e. The molecule has 1 spiro atoms. The highest BCUT2D eigenvalue weighted by Gasteiger charge is 2.41. The predicted octanol–water partition coefficient (Wildman–Crippen LogP) is 3.92. The quantitative estimate of drug-likeness (QED) is 0.578. The topological polar surface area (TPSA) is 55.8 Å². The molecule has 1 saturated carbocycles.